The van der Waals surface area contributed by atoms with Gasteiger partial charge in [0.2, 0.25) is 0 Å². The molecule has 0 amide bonds. The minimum absolute atomic E-state index is 0.223. The maximum Gasteiger partial charge on any atom is 0.164 e. The molecule has 1 aromatic rings. The molecule has 0 spiro atoms. The van der Waals surface area contributed by atoms with Crippen LogP contribution in [0.15, 0.2) is 23.8 Å². The fraction of sp³-hybridized carbons (Fsp3) is 0.438. The van der Waals surface area contributed by atoms with Crippen LogP contribution in [0.1, 0.15) is 32.3 Å². The fourth-order valence-electron chi connectivity index (χ4n) is 2.44. The van der Waals surface area contributed by atoms with Gasteiger partial charge in [-0.15, -0.1) is 0 Å². The molecule has 3 nitrogen and oxygen atoms in total. The lowest BCUT2D eigenvalue weighted by Crippen LogP contribution is -2.17. The van der Waals surface area contributed by atoms with E-state index in [0.29, 0.717) is 0 Å². The standard InChI is InChI=1S/C16H20O3/c1-16(2)9-8-11(15(16)17)10-12-13(18-3)6-5-7-14(12)19-4/h5-7,10H,8-9H2,1-4H3/b11-10+. The van der Waals surface area contributed by atoms with Crippen molar-refractivity contribution >= 4 is 11.9 Å². The van der Waals surface area contributed by atoms with Crippen molar-refractivity contribution in [1.82, 2.24) is 0 Å². The predicted octanol–water partition coefficient (Wildman–Crippen LogP) is 3.48. The van der Waals surface area contributed by atoms with Crippen molar-refractivity contribution in [2.24, 2.45) is 5.41 Å². The van der Waals surface area contributed by atoms with Crippen LogP contribution in [0, 0.1) is 5.41 Å². The number of benzene rings is 1. The molecule has 1 aromatic carbocycles. The number of hydrogen-bond acceptors (Lipinski definition) is 3. The van der Waals surface area contributed by atoms with Crippen LogP contribution in [0.2, 0.25) is 0 Å². The Morgan fingerprint density at radius 3 is 2.16 bits per heavy atom. The van der Waals surface area contributed by atoms with Crippen LogP contribution in [-0.4, -0.2) is 20.0 Å². The van der Waals surface area contributed by atoms with Gasteiger partial charge >= 0.3 is 0 Å². The van der Waals surface area contributed by atoms with Gasteiger partial charge in [-0.1, -0.05) is 19.9 Å². The second-order valence-corrected chi connectivity index (χ2v) is 5.46. The van der Waals surface area contributed by atoms with Crippen molar-refractivity contribution in [2.45, 2.75) is 26.7 Å². The van der Waals surface area contributed by atoms with Crippen molar-refractivity contribution < 1.29 is 14.3 Å². The van der Waals surface area contributed by atoms with Crippen LogP contribution in [-0.2, 0) is 4.79 Å². The molecule has 102 valence electrons. The van der Waals surface area contributed by atoms with Crippen molar-refractivity contribution in [3.05, 3.63) is 29.3 Å². The van der Waals surface area contributed by atoms with E-state index in [-0.39, 0.29) is 11.2 Å². The number of ether oxygens (including phenoxy) is 2. The van der Waals surface area contributed by atoms with E-state index < -0.39 is 0 Å². The number of carbonyl (C=O) groups is 1. The summed E-state index contributed by atoms with van der Waals surface area (Å²) < 4.78 is 10.7. The van der Waals surface area contributed by atoms with Crippen LogP contribution in [0.4, 0.5) is 0 Å². The molecule has 0 aromatic heterocycles. The number of methoxy groups -OCH3 is 2. The first-order chi connectivity index (χ1) is 8.99. The van der Waals surface area contributed by atoms with Crippen LogP contribution in [0.25, 0.3) is 6.08 Å². The molecule has 0 saturated heterocycles. The second-order valence-electron chi connectivity index (χ2n) is 5.46. The van der Waals surface area contributed by atoms with Gasteiger partial charge in [-0.05, 0) is 36.6 Å². The van der Waals surface area contributed by atoms with Gasteiger partial charge in [0.1, 0.15) is 11.5 Å². The van der Waals surface area contributed by atoms with Gasteiger partial charge in [0, 0.05) is 5.41 Å². The van der Waals surface area contributed by atoms with Gasteiger partial charge < -0.3 is 9.47 Å². The predicted molar refractivity (Wildman–Crippen MR) is 75.5 cm³/mol. The zero-order valence-electron chi connectivity index (χ0n) is 11.9. The van der Waals surface area contributed by atoms with Crippen molar-refractivity contribution in [3.8, 4) is 11.5 Å². The van der Waals surface area contributed by atoms with Crippen molar-refractivity contribution in [3.63, 3.8) is 0 Å². The summed E-state index contributed by atoms with van der Waals surface area (Å²) >= 11 is 0. The Morgan fingerprint density at radius 2 is 1.74 bits per heavy atom. The third-order valence-electron chi connectivity index (χ3n) is 3.71. The Morgan fingerprint density at radius 1 is 1.16 bits per heavy atom. The molecule has 1 aliphatic carbocycles. The van der Waals surface area contributed by atoms with Crippen LogP contribution < -0.4 is 9.47 Å². The highest BCUT2D eigenvalue weighted by molar-refractivity contribution is 6.05. The number of rotatable bonds is 3. The van der Waals surface area contributed by atoms with E-state index in [2.05, 4.69) is 0 Å². The zero-order chi connectivity index (χ0) is 14.0. The molecule has 3 heteroatoms. The number of hydrogen-bond donors (Lipinski definition) is 0. The van der Waals surface area contributed by atoms with E-state index in [9.17, 15) is 4.79 Å². The zero-order valence-corrected chi connectivity index (χ0v) is 11.9. The van der Waals surface area contributed by atoms with E-state index in [1.807, 2.05) is 38.1 Å². The maximum atomic E-state index is 12.3. The number of carbonyl (C=O) groups excluding carboxylic acids is 1. The molecule has 0 atom stereocenters. The lowest BCUT2D eigenvalue weighted by atomic mass is 9.90. The Balaban J connectivity index is 2.46. The second kappa shape index (κ2) is 5.08. The normalized spacial score (nSPS) is 19.8. The SMILES string of the molecule is COc1cccc(OC)c1/C=C1\CCC(C)(C)C1=O. The minimum atomic E-state index is -0.249. The van der Waals surface area contributed by atoms with Gasteiger partial charge in [0.05, 0.1) is 19.8 Å². The van der Waals surface area contributed by atoms with E-state index in [1.54, 1.807) is 14.2 Å². The largest absolute Gasteiger partial charge is 0.496 e. The van der Waals surface area contributed by atoms with Crippen molar-refractivity contribution in [2.75, 3.05) is 14.2 Å². The molecule has 0 radical (unpaired) electrons. The van der Waals surface area contributed by atoms with Crippen LogP contribution >= 0.6 is 0 Å². The molecule has 19 heavy (non-hydrogen) atoms. The van der Waals surface area contributed by atoms with Crippen LogP contribution in [0.3, 0.4) is 0 Å². The Hall–Kier alpha value is -1.77. The summed E-state index contributed by atoms with van der Waals surface area (Å²) in [5, 5.41) is 0. The monoisotopic (exact) mass is 260 g/mol. The summed E-state index contributed by atoms with van der Waals surface area (Å²) in [5.74, 6) is 1.68. The van der Waals surface area contributed by atoms with Gasteiger partial charge in [0.15, 0.2) is 5.78 Å². The average Bonchev–Trinajstić information content (AvgIpc) is 2.66. The van der Waals surface area contributed by atoms with Crippen LogP contribution in [0.5, 0.6) is 11.5 Å². The molecule has 0 N–H and O–H groups in total. The lowest BCUT2D eigenvalue weighted by molar-refractivity contribution is -0.121. The molecule has 1 fully saturated rings. The Bertz CT molecular complexity index is 505. The average molecular weight is 260 g/mol. The van der Waals surface area contributed by atoms with E-state index >= 15 is 0 Å². The van der Waals surface area contributed by atoms with Gasteiger partial charge in [0.25, 0.3) is 0 Å². The summed E-state index contributed by atoms with van der Waals surface area (Å²) in [5.41, 5.74) is 1.45. The van der Waals surface area contributed by atoms with E-state index in [0.717, 1.165) is 35.5 Å². The van der Waals surface area contributed by atoms with E-state index in [4.69, 9.17) is 9.47 Å². The summed E-state index contributed by atoms with van der Waals surface area (Å²) in [6.07, 6.45) is 3.62. The highest BCUT2D eigenvalue weighted by Gasteiger charge is 2.36. The number of allylic oxidation sites excluding steroid dienone is 1. The quantitative estimate of drug-likeness (QED) is 0.781. The van der Waals surface area contributed by atoms with E-state index in [1.165, 1.54) is 0 Å². The molecular formula is C16H20O3. The molecule has 0 aliphatic heterocycles. The van der Waals surface area contributed by atoms with Crippen molar-refractivity contribution in [1.29, 1.82) is 0 Å². The molecule has 0 heterocycles. The van der Waals surface area contributed by atoms with Gasteiger partial charge in [-0.25, -0.2) is 0 Å². The maximum absolute atomic E-state index is 12.3. The Labute approximate surface area is 114 Å². The smallest absolute Gasteiger partial charge is 0.164 e. The molecule has 2 rings (SSSR count). The van der Waals surface area contributed by atoms with Gasteiger partial charge in [-0.2, -0.15) is 0 Å². The number of ketones is 1. The third kappa shape index (κ3) is 2.50. The molecule has 0 unspecified atom stereocenters. The Kier molecular flexibility index (Phi) is 3.65. The summed E-state index contributed by atoms with van der Waals surface area (Å²) in [6, 6.07) is 5.62. The highest BCUT2D eigenvalue weighted by atomic mass is 16.5. The molecular weight excluding hydrogens is 240 g/mol. The minimum Gasteiger partial charge on any atom is -0.496 e. The molecule has 1 saturated carbocycles. The molecule has 1 aliphatic rings. The summed E-state index contributed by atoms with van der Waals surface area (Å²) in [6.45, 7) is 3.99. The molecule has 0 bridgehead atoms. The topological polar surface area (TPSA) is 35.5 Å². The first-order valence-electron chi connectivity index (χ1n) is 6.46. The van der Waals surface area contributed by atoms with Gasteiger partial charge in [-0.3, -0.25) is 4.79 Å². The first kappa shape index (κ1) is 13.7. The lowest BCUT2D eigenvalue weighted by Gasteiger charge is -2.13. The third-order valence-corrected chi connectivity index (χ3v) is 3.71. The highest BCUT2D eigenvalue weighted by Crippen LogP contribution is 2.40. The summed E-state index contributed by atoms with van der Waals surface area (Å²) in [4.78, 5) is 12.3. The first-order valence-corrected chi connectivity index (χ1v) is 6.46. The number of Topliss-reactive ketones (excluding diaryl/α,β-unsaturated/α-hetero) is 1. The summed E-state index contributed by atoms with van der Waals surface area (Å²) in [7, 11) is 3.24. The fourth-order valence-corrected chi connectivity index (χ4v) is 2.44.